The summed E-state index contributed by atoms with van der Waals surface area (Å²) in [4.78, 5) is 14.7. The first-order chi connectivity index (χ1) is 25.8. The summed E-state index contributed by atoms with van der Waals surface area (Å²) in [5.74, 6) is 1.44. The fourth-order valence-electron chi connectivity index (χ4n) is 7.86. The number of furan rings is 2. The minimum atomic E-state index is -0.401. The lowest BCUT2D eigenvalue weighted by Crippen LogP contribution is -2.33. The molecule has 0 saturated heterocycles. The third kappa shape index (κ3) is 4.41. The summed E-state index contributed by atoms with van der Waals surface area (Å²) in [5.41, 5.74) is 8.63. The highest BCUT2D eigenvalue weighted by molar-refractivity contribution is 6.22. The van der Waals surface area contributed by atoms with Crippen LogP contribution in [0.2, 0.25) is 0 Å². The van der Waals surface area contributed by atoms with Gasteiger partial charge in [-0.1, -0.05) is 109 Å². The topological polar surface area (TPSA) is 75.9 Å². The Labute approximate surface area is 297 Å². The van der Waals surface area contributed by atoms with Gasteiger partial charge in [-0.05, 0) is 63.7 Å². The zero-order valence-corrected chi connectivity index (χ0v) is 27.7. The van der Waals surface area contributed by atoms with E-state index in [1.807, 2.05) is 73.1 Å². The first-order valence-electron chi connectivity index (χ1n) is 17.4. The van der Waals surface area contributed by atoms with Crippen LogP contribution in [0.4, 0.5) is 0 Å². The number of hydrogen-bond acceptors (Lipinski definition) is 6. The zero-order chi connectivity index (χ0) is 34.2. The molecule has 1 N–H and O–H groups in total. The second-order valence-corrected chi connectivity index (χ2v) is 13.2. The van der Waals surface area contributed by atoms with Crippen LogP contribution in [0.15, 0.2) is 177 Å². The molecule has 0 fully saturated rings. The number of rotatable bonds is 4. The molecule has 1 atom stereocenters. The average Bonchev–Trinajstić information content (AvgIpc) is 3.78. The number of hydrogen-bond donors (Lipinski definition) is 1. The molecule has 4 heterocycles. The highest BCUT2D eigenvalue weighted by atomic mass is 16.3. The fraction of sp³-hybridized carbons (Fsp3) is 0.0217. The number of aliphatic imine (C=N–C) groups is 2. The summed E-state index contributed by atoms with van der Waals surface area (Å²) in [5, 5.41) is 12.5. The van der Waals surface area contributed by atoms with Crippen LogP contribution < -0.4 is 5.32 Å². The van der Waals surface area contributed by atoms with Crippen molar-refractivity contribution in [2.75, 3.05) is 0 Å². The van der Waals surface area contributed by atoms with Crippen molar-refractivity contribution in [2.45, 2.75) is 6.17 Å². The second kappa shape index (κ2) is 11.2. The highest BCUT2D eigenvalue weighted by Gasteiger charge is 2.26. The van der Waals surface area contributed by atoms with Gasteiger partial charge in [0.05, 0.1) is 0 Å². The van der Waals surface area contributed by atoms with Crippen molar-refractivity contribution in [3.05, 3.63) is 175 Å². The van der Waals surface area contributed by atoms with Crippen LogP contribution in [0.3, 0.4) is 0 Å². The lowest BCUT2D eigenvalue weighted by atomic mass is 9.91. The molecular formula is C46H28N4O2. The van der Waals surface area contributed by atoms with Gasteiger partial charge in [0.25, 0.3) is 0 Å². The Balaban J connectivity index is 1.10. The molecular weight excluding hydrogens is 641 g/mol. The van der Waals surface area contributed by atoms with Crippen LogP contribution in [0.5, 0.6) is 0 Å². The highest BCUT2D eigenvalue weighted by Crippen LogP contribution is 2.42. The van der Waals surface area contributed by atoms with Gasteiger partial charge in [0.2, 0.25) is 0 Å². The van der Waals surface area contributed by atoms with E-state index < -0.39 is 6.17 Å². The number of fused-ring (bicyclic) bond motifs is 8. The summed E-state index contributed by atoms with van der Waals surface area (Å²) >= 11 is 0. The maximum Gasteiger partial charge on any atom is 0.159 e. The zero-order valence-electron chi connectivity index (χ0n) is 27.7. The second-order valence-electron chi connectivity index (χ2n) is 13.2. The van der Waals surface area contributed by atoms with E-state index in [0.29, 0.717) is 5.84 Å². The molecule has 52 heavy (non-hydrogen) atoms. The molecule has 0 bridgehead atoms. The van der Waals surface area contributed by atoms with Crippen molar-refractivity contribution in [1.82, 2.24) is 10.3 Å². The summed E-state index contributed by atoms with van der Waals surface area (Å²) in [6, 6.07) is 50.2. The number of benzene rings is 7. The van der Waals surface area contributed by atoms with Gasteiger partial charge < -0.3 is 14.2 Å². The van der Waals surface area contributed by atoms with Gasteiger partial charge in [-0.15, -0.1) is 0 Å². The molecule has 7 aromatic carbocycles. The maximum absolute atomic E-state index is 6.44. The molecule has 6 nitrogen and oxygen atoms in total. The van der Waals surface area contributed by atoms with E-state index in [0.717, 1.165) is 99.1 Å². The van der Waals surface area contributed by atoms with E-state index >= 15 is 0 Å². The van der Waals surface area contributed by atoms with E-state index in [1.165, 1.54) is 0 Å². The monoisotopic (exact) mass is 668 g/mol. The Morgan fingerprint density at radius 1 is 0.500 bits per heavy atom. The van der Waals surface area contributed by atoms with Gasteiger partial charge in [-0.25, -0.2) is 9.98 Å². The molecule has 0 saturated carbocycles. The van der Waals surface area contributed by atoms with Crippen molar-refractivity contribution >= 4 is 77.1 Å². The minimum absolute atomic E-state index is 0.401. The average molecular weight is 669 g/mol. The SMILES string of the molecule is c1ccc(C2=NC(c3cccc4oc5ccccc5c34)NC(c3ccc(-c4cccc5oc6cc7cnccc7cc6c45)c4ccccc34)=N2)cc1. The lowest BCUT2D eigenvalue weighted by molar-refractivity contribution is 0.662. The quantitative estimate of drug-likeness (QED) is 0.202. The molecule has 0 spiro atoms. The number of nitrogens with one attached hydrogen (secondary N) is 1. The van der Waals surface area contributed by atoms with Crippen LogP contribution in [-0.4, -0.2) is 16.7 Å². The molecule has 1 aliphatic heterocycles. The Morgan fingerprint density at radius 2 is 1.21 bits per heavy atom. The van der Waals surface area contributed by atoms with Gasteiger partial charge in [-0.3, -0.25) is 4.98 Å². The van der Waals surface area contributed by atoms with Crippen LogP contribution in [0.1, 0.15) is 22.9 Å². The largest absolute Gasteiger partial charge is 0.456 e. The van der Waals surface area contributed by atoms with E-state index in [2.05, 4.69) is 95.2 Å². The number of para-hydroxylation sites is 1. The molecule has 1 aliphatic rings. The van der Waals surface area contributed by atoms with E-state index in [-0.39, 0.29) is 0 Å². The van der Waals surface area contributed by atoms with E-state index in [9.17, 15) is 0 Å². The number of aromatic nitrogens is 1. The maximum atomic E-state index is 6.44. The molecule has 244 valence electrons. The summed E-state index contributed by atoms with van der Waals surface area (Å²) in [6.45, 7) is 0. The molecule has 10 aromatic rings. The van der Waals surface area contributed by atoms with Crippen molar-refractivity contribution in [3.63, 3.8) is 0 Å². The smallest absolute Gasteiger partial charge is 0.159 e. The van der Waals surface area contributed by atoms with Crippen molar-refractivity contribution < 1.29 is 8.83 Å². The van der Waals surface area contributed by atoms with Crippen LogP contribution in [0, 0.1) is 0 Å². The predicted octanol–water partition coefficient (Wildman–Crippen LogP) is 11.3. The molecule has 11 rings (SSSR count). The summed E-state index contributed by atoms with van der Waals surface area (Å²) < 4.78 is 12.7. The molecule has 0 radical (unpaired) electrons. The van der Waals surface area contributed by atoms with Crippen molar-refractivity contribution in [3.8, 4) is 11.1 Å². The fourth-order valence-corrected chi connectivity index (χ4v) is 7.86. The Hall–Kier alpha value is -7.05. The molecule has 6 heteroatoms. The summed E-state index contributed by atoms with van der Waals surface area (Å²) in [6.07, 6.45) is 3.32. The number of nitrogens with zero attached hydrogens (tertiary/aromatic N) is 3. The van der Waals surface area contributed by atoms with Crippen molar-refractivity contribution in [1.29, 1.82) is 0 Å². The van der Waals surface area contributed by atoms with E-state index in [4.69, 9.17) is 18.8 Å². The molecule has 0 aliphatic carbocycles. The molecule has 0 amide bonds. The number of amidine groups is 2. The van der Waals surface area contributed by atoms with Crippen LogP contribution in [0.25, 0.3) is 76.5 Å². The Morgan fingerprint density at radius 3 is 2.10 bits per heavy atom. The van der Waals surface area contributed by atoms with Gasteiger partial charge in [-0.2, -0.15) is 0 Å². The lowest BCUT2D eigenvalue weighted by Gasteiger charge is -2.25. The first-order valence-corrected chi connectivity index (χ1v) is 17.4. The Kier molecular flexibility index (Phi) is 6.21. The molecule has 3 aromatic heterocycles. The van der Waals surface area contributed by atoms with Crippen LogP contribution in [-0.2, 0) is 0 Å². The van der Waals surface area contributed by atoms with E-state index in [1.54, 1.807) is 0 Å². The third-order valence-electron chi connectivity index (χ3n) is 10.2. The van der Waals surface area contributed by atoms with Gasteiger partial charge in [0.1, 0.15) is 34.3 Å². The summed E-state index contributed by atoms with van der Waals surface area (Å²) in [7, 11) is 0. The standard InChI is InChI=1S/C46H28N4O2/c1-2-10-27(11-3-1)44-48-45(50-46(49-44)36-16-9-19-40-43(36)35-14-6-7-17-38(35)51-40)34-21-20-32(30-12-4-5-13-31(30)34)33-15-8-18-39-42(33)37-24-28-22-23-47-26-29(28)25-41(37)52-39/h1-26,46H,(H,48,49,50). The van der Waals surface area contributed by atoms with Gasteiger partial charge in [0, 0.05) is 56.0 Å². The third-order valence-corrected chi connectivity index (χ3v) is 10.2. The minimum Gasteiger partial charge on any atom is -0.456 e. The number of pyridine rings is 1. The van der Waals surface area contributed by atoms with Crippen LogP contribution >= 0.6 is 0 Å². The normalized spacial score (nSPS) is 14.7. The van der Waals surface area contributed by atoms with Gasteiger partial charge >= 0.3 is 0 Å². The predicted molar refractivity (Wildman–Crippen MR) is 211 cm³/mol. The Bertz CT molecular complexity index is 3120. The molecule has 1 unspecified atom stereocenters. The van der Waals surface area contributed by atoms with Gasteiger partial charge in [0.15, 0.2) is 5.84 Å². The first kappa shape index (κ1) is 28.8. The van der Waals surface area contributed by atoms with Crippen molar-refractivity contribution in [2.24, 2.45) is 9.98 Å².